The number of H-pyrrole nitrogens is 1. The molecule has 144 valence electrons. The largest absolute Gasteiger partial charge is 0.435 e. The van der Waals surface area contributed by atoms with Crippen LogP contribution < -0.4 is 11.0 Å². The molecule has 0 atom stereocenters. The molecule has 2 heterocycles. The molecule has 0 radical (unpaired) electrons. The monoisotopic (exact) mass is 389 g/mol. The molecule has 1 aromatic carbocycles. The minimum Gasteiger partial charge on any atom is -0.295 e. The molecule has 0 aliphatic rings. The van der Waals surface area contributed by atoms with Crippen molar-refractivity contribution in [3.05, 3.63) is 82.0 Å². The molecule has 0 bridgehead atoms. The molecule has 28 heavy (non-hydrogen) atoms. The first-order chi connectivity index (χ1) is 13.3. The quantitative estimate of drug-likeness (QED) is 0.531. The van der Waals surface area contributed by atoms with Gasteiger partial charge in [0.05, 0.1) is 11.3 Å². The Morgan fingerprint density at radius 3 is 2.43 bits per heavy atom. The molecule has 0 aliphatic carbocycles. The maximum Gasteiger partial charge on any atom is 0.435 e. The molecule has 0 unspecified atom stereocenters. The number of aromatic nitrogens is 3. The van der Waals surface area contributed by atoms with Crippen molar-refractivity contribution in [2.45, 2.75) is 13.1 Å². The highest BCUT2D eigenvalue weighted by molar-refractivity contribution is 6.06. The first-order valence-corrected chi connectivity index (χ1v) is 8.02. The van der Waals surface area contributed by atoms with E-state index in [-0.39, 0.29) is 11.4 Å². The molecule has 1 amide bonds. The highest BCUT2D eigenvalue weighted by atomic mass is 19.4. The average molecular weight is 389 g/mol. The number of nitrogens with zero attached hydrogens (tertiary/aromatic N) is 3. The van der Waals surface area contributed by atoms with Crippen LogP contribution in [0.1, 0.15) is 21.7 Å². The maximum absolute atomic E-state index is 13.6. The van der Waals surface area contributed by atoms with Gasteiger partial charge >= 0.3 is 6.18 Å². The first-order valence-electron chi connectivity index (χ1n) is 8.02. The summed E-state index contributed by atoms with van der Waals surface area (Å²) in [6.07, 6.45) is -3.66. The first kappa shape index (κ1) is 19.1. The summed E-state index contributed by atoms with van der Waals surface area (Å²) in [6, 6.07) is 12.5. The molecule has 10 heteroatoms. The Hall–Kier alpha value is -3.69. The molecule has 0 fully saturated rings. The number of carbonyl (C=O) groups is 1. The fourth-order valence-corrected chi connectivity index (χ4v) is 2.51. The van der Waals surface area contributed by atoms with Crippen molar-refractivity contribution in [1.29, 1.82) is 0 Å². The predicted octanol–water partition coefficient (Wildman–Crippen LogP) is 2.57. The number of hydrogen-bond donors (Lipinski definition) is 2. The van der Waals surface area contributed by atoms with E-state index in [2.05, 4.69) is 15.2 Å². The van der Waals surface area contributed by atoms with Crippen LogP contribution in [0.5, 0.6) is 0 Å². The predicted molar refractivity (Wildman–Crippen MR) is 95.4 cm³/mol. The topological polar surface area (TPSA) is 92.1 Å². The lowest BCUT2D eigenvalue weighted by Crippen LogP contribution is -2.33. The Kier molecular flexibility index (Phi) is 5.12. The van der Waals surface area contributed by atoms with Gasteiger partial charge in [0, 0.05) is 11.9 Å². The molecule has 2 aromatic heterocycles. The summed E-state index contributed by atoms with van der Waals surface area (Å²) in [6.45, 7) is 1.32. The number of nitrogens with one attached hydrogen (secondary N) is 2. The molecule has 7 nitrogen and oxygen atoms in total. The van der Waals surface area contributed by atoms with Gasteiger partial charge in [0.25, 0.3) is 11.5 Å². The number of halogens is 3. The number of pyridine rings is 1. The minimum absolute atomic E-state index is 0.0444. The highest BCUT2D eigenvalue weighted by Crippen LogP contribution is 2.22. The molecule has 0 saturated heterocycles. The normalized spacial score (nSPS) is 12.1. The maximum atomic E-state index is 13.6. The number of amides is 1. The number of benzene rings is 1. The van der Waals surface area contributed by atoms with E-state index < -0.39 is 28.9 Å². The zero-order chi connectivity index (χ0) is 20.3. The van der Waals surface area contributed by atoms with Gasteiger partial charge in [-0.25, -0.2) is 10.1 Å². The fourth-order valence-electron chi connectivity index (χ4n) is 2.51. The molecule has 3 rings (SSSR count). The van der Waals surface area contributed by atoms with Crippen LogP contribution in [0.3, 0.4) is 0 Å². The van der Waals surface area contributed by atoms with E-state index in [1.807, 2.05) is 5.43 Å². The van der Waals surface area contributed by atoms with E-state index in [9.17, 15) is 22.8 Å². The third-order valence-electron chi connectivity index (χ3n) is 3.76. The van der Waals surface area contributed by atoms with E-state index in [0.717, 1.165) is 4.68 Å². The molecule has 0 spiro atoms. The fraction of sp³-hybridized carbons (Fsp3) is 0.111. The van der Waals surface area contributed by atoms with E-state index in [4.69, 9.17) is 0 Å². The molecular weight excluding hydrogens is 375 g/mol. The van der Waals surface area contributed by atoms with Crippen LogP contribution in [-0.2, 0) is 0 Å². The second-order valence-electron chi connectivity index (χ2n) is 5.70. The summed E-state index contributed by atoms with van der Waals surface area (Å²) in [5, 5.41) is 5.79. The van der Waals surface area contributed by atoms with Crippen molar-refractivity contribution in [3.63, 3.8) is 0 Å². The van der Waals surface area contributed by atoms with E-state index in [0.29, 0.717) is 5.69 Å². The van der Waals surface area contributed by atoms with Crippen LogP contribution in [0, 0.1) is 6.92 Å². The van der Waals surface area contributed by atoms with Crippen molar-refractivity contribution in [3.8, 4) is 5.69 Å². The van der Waals surface area contributed by atoms with Crippen LogP contribution in [-0.4, -0.2) is 32.6 Å². The Bertz CT molecular complexity index is 1070. The Morgan fingerprint density at radius 2 is 1.82 bits per heavy atom. The van der Waals surface area contributed by atoms with Crippen molar-refractivity contribution in [2.24, 2.45) is 5.10 Å². The van der Waals surface area contributed by atoms with Crippen LogP contribution in [0.2, 0.25) is 0 Å². The summed E-state index contributed by atoms with van der Waals surface area (Å²) in [5.74, 6) is -0.932. The Labute approximate surface area is 156 Å². The number of aryl methyl sites for hydroxylation is 1. The lowest BCUT2D eigenvalue weighted by atomic mass is 10.1. The van der Waals surface area contributed by atoms with Gasteiger partial charge in [-0.2, -0.15) is 18.3 Å². The molecule has 2 N–H and O–H groups in total. The van der Waals surface area contributed by atoms with Gasteiger partial charge in [-0.15, -0.1) is 0 Å². The number of hydrogen-bond acceptors (Lipinski definition) is 4. The van der Waals surface area contributed by atoms with Gasteiger partial charge < -0.3 is 0 Å². The minimum atomic E-state index is -4.97. The Morgan fingerprint density at radius 1 is 1.14 bits per heavy atom. The third kappa shape index (κ3) is 3.85. The van der Waals surface area contributed by atoms with Crippen molar-refractivity contribution >= 4 is 11.6 Å². The van der Waals surface area contributed by atoms with Crippen molar-refractivity contribution < 1.29 is 18.0 Å². The van der Waals surface area contributed by atoms with E-state index in [1.165, 1.54) is 25.3 Å². The molecular formula is C18H14F3N5O2. The summed E-state index contributed by atoms with van der Waals surface area (Å²) in [4.78, 5) is 28.3. The number of carbonyl (C=O) groups excluding carboxylic acids is 1. The van der Waals surface area contributed by atoms with Crippen molar-refractivity contribution in [1.82, 2.24) is 20.2 Å². The van der Waals surface area contributed by atoms with Gasteiger partial charge in [0.2, 0.25) is 0 Å². The highest BCUT2D eigenvalue weighted by Gasteiger charge is 2.41. The molecule has 0 aliphatic heterocycles. The molecule has 3 aromatic rings. The van der Waals surface area contributed by atoms with Crippen molar-refractivity contribution in [2.75, 3.05) is 0 Å². The lowest BCUT2D eigenvalue weighted by Gasteiger charge is -2.09. The van der Waals surface area contributed by atoms with Gasteiger partial charge in [-0.05, 0) is 31.2 Å². The van der Waals surface area contributed by atoms with Gasteiger partial charge in [-0.3, -0.25) is 19.7 Å². The number of alkyl halides is 3. The summed E-state index contributed by atoms with van der Waals surface area (Å²) < 4.78 is 41.7. The van der Waals surface area contributed by atoms with Crippen LogP contribution in [0.4, 0.5) is 13.2 Å². The molecule has 0 saturated carbocycles. The van der Waals surface area contributed by atoms with Gasteiger partial charge in [0.1, 0.15) is 5.69 Å². The van der Waals surface area contributed by atoms with Crippen LogP contribution in [0.25, 0.3) is 5.69 Å². The smallest absolute Gasteiger partial charge is 0.295 e. The van der Waals surface area contributed by atoms with E-state index in [1.54, 1.807) is 36.4 Å². The van der Waals surface area contributed by atoms with E-state index >= 15 is 0 Å². The van der Waals surface area contributed by atoms with Gasteiger partial charge in [0.15, 0.2) is 5.71 Å². The SMILES string of the molecule is Cc1[nH]n(-c2ccccc2)c(=O)c1/C(=N/NC(=O)c1ccccn1)C(F)(F)F. The zero-order valence-electron chi connectivity index (χ0n) is 14.5. The lowest BCUT2D eigenvalue weighted by molar-refractivity contribution is -0.0584. The summed E-state index contributed by atoms with van der Waals surface area (Å²) >= 11 is 0. The Balaban J connectivity index is 2.03. The number of hydrazone groups is 1. The average Bonchev–Trinajstić information content (AvgIpc) is 2.97. The second kappa shape index (κ2) is 7.51. The summed E-state index contributed by atoms with van der Waals surface area (Å²) in [5.41, 5.74) is -1.11. The number of rotatable bonds is 4. The zero-order valence-corrected chi connectivity index (χ0v) is 14.5. The van der Waals surface area contributed by atoms with Crippen LogP contribution >= 0.6 is 0 Å². The standard InChI is InChI=1S/C18H14F3N5O2/c1-11-14(17(28)26(25-11)12-7-3-2-4-8-12)15(18(19,20)21)23-24-16(27)13-9-5-6-10-22-13/h2-10,25H,1H3,(H,24,27)/b23-15-. The third-order valence-corrected chi connectivity index (χ3v) is 3.76. The van der Waals surface area contributed by atoms with Gasteiger partial charge in [-0.1, -0.05) is 24.3 Å². The number of para-hydroxylation sites is 1. The number of aromatic amines is 1. The summed E-state index contributed by atoms with van der Waals surface area (Å²) in [7, 11) is 0. The second-order valence-corrected chi connectivity index (χ2v) is 5.70. The van der Waals surface area contributed by atoms with Crippen LogP contribution in [0.15, 0.2) is 64.6 Å².